The van der Waals surface area contributed by atoms with E-state index < -0.39 is 0 Å². The Labute approximate surface area is 85.2 Å². The Bertz CT molecular complexity index is 255. The number of halogens is 1. The molecule has 0 aliphatic heterocycles. The second-order valence-corrected chi connectivity index (χ2v) is 3.09. The van der Waals surface area contributed by atoms with Crippen molar-refractivity contribution < 1.29 is 5.11 Å². The Balaban J connectivity index is 0.00000144. The Hall–Kier alpha value is -0.570. The van der Waals surface area contributed by atoms with Gasteiger partial charge in [-0.2, -0.15) is 0 Å². The van der Waals surface area contributed by atoms with Crippen LogP contribution in [0.1, 0.15) is 22.7 Å². The fourth-order valence-corrected chi connectivity index (χ4v) is 1.50. The van der Waals surface area contributed by atoms with Crippen LogP contribution in [-0.2, 0) is 0 Å². The summed E-state index contributed by atoms with van der Waals surface area (Å²) >= 11 is 0. The van der Waals surface area contributed by atoms with Gasteiger partial charge in [-0.05, 0) is 30.5 Å². The number of benzene rings is 1. The maximum atomic E-state index is 8.91. The summed E-state index contributed by atoms with van der Waals surface area (Å²) in [5, 5.41) is 8.91. The average Bonchev–Trinajstić information content (AvgIpc) is 2.03. The van der Waals surface area contributed by atoms with Crippen LogP contribution in [0.2, 0.25) is 0 Å². The third-order valence-corrected chi connectivity index (χ3v) is 2.11. The second kappa shape index (κ2) is 5.22. The minimum atomic E-state index is -0.244. The average molecular weight is 202 g/mol. The molecule has 0 fully saturated rings. The predicted molar refractivity (Wildman–Crippen MR) is 57.2 cm³/mol. The zero-order valence-corrected chi connectivity index (χ0v) is 8.77. The highest BCUT2D eigenvalue weighted by molar-refractivity contribution is 5.85. The molecule has 13 heavy (non-hydrogen) atoms. The summed E-state index contributed by atoms with van der Waals surface area (Å²) in [5.74, 6) is 0. The van der Waals surface area contributed by atoms with Gasteiger partial charge in [-0.1, -0.05) is 18.2 Å². The standard InChI is InChI=1S/C10H15NO.ClH/c1-7-4-3-5-8(2)10(7)9(11)6-12;/h3-5,9,12H,6,11H2,1-2H3;1H/t9-;/m1./s1. The Kier molecular flexibility index (Phi) is 4.99. The number of rotatable bonds is 2. The van der Waals surface area contributed by atoms with Gasteiger partial charge in [-0.3, -0.25) is 0 Å². The minimum absolute atomic E-state index is 0. The van der Waals surface area contributed by atoms with Crippen molar-refractivity contribution in [2.75, 3.05) is 6.61 Å². The Morgan fingerprint density at radius 3 is 2.15 bits per heavy atom. The summed E-state index contributed by atoms with van der Waals surface area (Å²) in [4.78, 5) is 0. The molecule has 0 saturated heterocycles. The third kappa shape index (κ3) is 2.69. The van der Waals surface area contributed by atoms with Crippen LogP contribution in [0.4, 0.5) is 0 Å². The van der Waals surface area contributed by atoms with Crippen molar-refractivity contribution >= 4 is 12.4 Å². The summed E-state index contributed by atoms with van der Waals surface area (Å²) < 4.78 is 0. The van der Waals surface area contributed by atoms with E-state index in [0.29, 0.717) is 0 Å². The molecule has 2 nitrogen and oxygen atoms in total. The molecule has 0 amide bonds. The van der Waals surface area contributed by atoms with E-state index in [9.17, 15) is 0 Å². The molecule has 1 rings (SSSR count). The monoisotopic (exact) mass is 201 g/mol. The highest BCUT2D eigenvalue weighted by Crippen LogP contribution is 2.19. The first kappa shape index (κ1) is 12.4. The van der Waals surface area contributed by atoms with Crippen LogP contribution in [0.25, 0.3) is 0 Å². The molecule has 1 atom stereocenters. The summed E-state index contributed by atoms with van der Waals surface area (Å²) in [6, 6.07) is 5.78. The van der Waals surface area contributed by atoms with Crippen LogP contribution >= 0.6 is 12.4 Å². The van der Waals surface area contributed by atoms with Gasteiger partial charge in [0.25, 0.3) is 0 Å². The molecule has 0 saturated carbocycles. The van der Waals surface area contributed by atoms with Gasteiger partial charge >= 0.3 is 0 Å². The van der Waals surface area contributed by atoms with E-state index in [1.54, 1.807) is 0 Å². The second-order valence-electron chi connectivity index (χ2n) is 3.09. The first-order valence-electron chi connectivity index (χ1n) is 4.09. The molecule has 1 aromatic rings. The topological polar surface area (TPSA) is 46.2 Å². The number of hydrogen-bond donors (Lipinski definition) is 2. The van der Waals surface area contributed by atoms with Crippen molar-refractivity contribution in [3.63, 3.8) is 0 Å². The van der Waals surface area contributed by atoms with Gasteiger partial charge < -0.3 is 10.8 Å². The largest absolute Gasteiger partial charge is 0.394 e. The van der Waals surface area contributed by atoms with E-state index in [1.165, 1.54) is 0 Å². The van der Waals surface area contributed by atoms with Crippen molar-refractivity contribution in [1.29, 1.82) is 0 Å². The molecule has 0 bridgehead atoms. The molecule has 0 aromatic heterocycles. The lowest BCUT2D eigenvalue weighted by atomic mass is 9.97. The van der Waals surface area contributed by atoms with Crippen LogP contribution < -0.4 is 5.73 Å². The molecule has 3 N–H and O–H groups in total. The van der Waals surface area contributed by atoms with Crippen molar-refractivity contribution in [3.8, 4) is 0 Å². The highest BCUT2D eigenvalue weighted by atomic mass is 35.5. The number of aliphatic hydroxyl groups is 1. The van der Waals surface area contributed by atoms with Gasteiger partial charge in [0.1, 0.15) is 0 Å². The van der Waals surface area contributed by atoms with Crippen LogP contribution in [0.3, 0.4) is 0 Å². The molecule has 0 heterocycles. The molecule has 74 valence electrons. The zero-order chi connectivity index (χ0) is 9.14. The summed E-state index contributed by atoms with van der Waals surface area (Å²) in [5.41, 5.74) is 9.11. The van der Waals surface area contributed by atoms with E-state index in [1.807, 2.05) is 32.0 Å². The van der Waals surface area contributed by atoms with Crippen LogP contribution in [0, 0.1) is 13.8 Å². The van der Waals surface area contributed by atoms with Crippen LogP contribution in [-0.4, -0.2) is 11.7 Å². The lowest BCUT2D eigenvalue weighted by Gasteiger charge is -2.14. The van der Waals surface area contributed by atoms with E-state index in [0.717, 1.165) is 16.7 Å². The minimum Gasteiger partial charge on any atom is -0.394 e. The molecule has 0 spiro atoms. The quantitative estimate of drug-likeness (QED) is 0.766. The maximum Gasteiger partial charge on any atom is 0.0624 e. The number of nitrogens with two attached hydrogens (primary N) is 1. The van der Waals surface area contributed by atoms with Gasteiger partial charge in [0.15, 0.2) is 0 Å². The molecule has 0 aliphatic rings. The summed E-state index contributed by atoms with van der Waals surface area (Å²) in [6.45, 7) is 4.03. The van der Waals surface area contributed by atoms with Crippen molar-refractivity contribution in [2.24, 2.45) is 5.73 Å². The van der Waals surface area contributed by atoms with Gasteiger partial charge in [0.05, 0.1) is 12.6 Å². The van der Waals surface area contributed by atoms with E-state index in [-0.39, 0.29) is 25.1 Å². The fourth-order valence-electron chi connectivity index (χ4n) is 1.50. The zero-order valence-electron chi connectivity index (χ0n) is 7.95. The Morgan fingerprint density at radius 1 is 1.31 bits per heavy atom. The molecule has 3 heteroatoms. The fraction of sp³-hybridized carbons (Fsp3) is 0.400. The highest BCUT2D eigenvalue weighted by Gasteiger charge is 2.09. The van der Waals surface area contributed by atoms with E-state index in [2.05, 4.69) is 0 Å². The van der Waals surface area contributed by atoms with Crippen molar-refractivity contribution in [3.05, 3.63) is 34.9 Å². The molecular weight excluding hydrogens is 186 g/mol. The normalized spacial score (nSPS) is 12.0. The van der Waals surface area contributed by atoms with Crippen molar-refractivity contribution in [1.82, 2.24) is 0 Å². The van der Waals surface area contributed by atoms with Crippen LogP contribution in [0.15, 0.2) is 18.2 Å². The number of aliphatic hydroxyl groups excluding tert-OH is 1. The summed E-state index contributed by atoms with van der Waals surface area (Å²) in [7, 11) is 0. The van der Waals surface area contributed by atoms with Crippen molar-refractivity contribution in [2.45, 2.75) is 19.9 Å². The lowest BCUT2D eigenvalue weighted by molar-refractivity contribution is 0.267. The van der Waals surface area contributed by atoms with Crippen LogP contribution in [0.5, 0.6) is 0 Å². The molecule has 0 aliphatic carbocycles. The SMILES string of the molecule is Cc1cccc(C)c1[C@H](N)CO.Cl. The third-order valence-electron chi connectivity index (χ3n) is 2.11. The summed E-state index contributed by atoms with van der Waals surface area (Å²) in [6.07, 6.45) is 0. The van der Waals surface area contributed by atoms with Gasteiger partial charge in [0.2, 0.25) is 0 Å². The molecule has 1 aromatic carbocycles. The smallest absolute Gasteiger partial charge is 0.0624 e. The van der Waals surface area contributed by atoms with Gasteiger partial charge in [-0.25, -0.2) is 0 Å². The molecule has 0 radical (unpaired) electrons. The van der Waals surface area contributed by atoms with Gasteiger partial charge in [-0.15, -0.1) is 12.4 Å². The van der Waals surface area contributed by atoms with Gasteiger partial charge in [0, 0.05) is 0 Å². The first-order chi connectivity index (χ1) is 5.66. The molecule has 0 unspecified atom stereocenters. The van der Waals surface area contributed by atoms with E-state index >= 15 is 0 Å². The number of aryl methyl sites for hydroxylation is 2. The Morgan fingerprint density at radius 2 is 1.77 bits per heavy atom. The molecular formula is C10H16ClNO. The number of hydrogen-bond acceptors (Lipinski definition) is 2. The van der Waals surface area contributed by atoms with E-state index in [4.69, 9.17) is 10.8 Å². The lowest BCUT2D eigenvalue weighted by Crippen LogP contribution is -2.17. The first-order valence-corrected chi connectivity index (χ1v) is 4.09. The predicted octanol–water partition coefficient (Wildman–Crippen LogP) is 1.72. The maximum absolute atomic E-state index is 8.91.